The van der Waals surface area contributed by atoms with Crippen molar-refractivity contribution in [1.29, 1.82) is 0 Å². The maximum Gasteiger partial charge on any atom is 0.224 e. The molecular weight excluding hydrogens is 174 g/mol. The Morgan fingerprint density at radius 1 is 1.36 bits per heavy atom. The molecule has 1 aliphatic carbocycles. The first kappa shape index (κ1) is 9.25. The summed E-state index contributed by atoms with van der Waals surface area (Å²) in [6.45, 7) is 1.86. The number of carbonyl (C=O) groups excluding carboxylic acids is 1. The van der Waals surface area contributed by atoms with Gasteiger partial charge in [0.2, 0.25) is 5.91 Å². The summed E-state index contributed by atoms with van der Waals surface area (Å²) in [6, 6.07) is 6.30. The zero-order valence-corrected chi connectivity index (χ0v) is 8.42. The number of carbonyl (C=O) groups is 1. The van der Waals surface area contributed by atoms with Crippen LogP contribution < -0.4 is 5.73 Å². The van der Waals surface area contributed by atoms with Crippen LogP contribution in [0.2, 0.25) is 0 Å². The second kappa shape index (κ2) is 3.45. The lowest BCUT2D eigenvalue weighted by Crippen LogP contribution is -2.18. The second-order valence-corrected chi connectivity index (χ2v) is 4.01. The highest BCUT2D eigenvalue weighted by molar-refractivity contribution is 5.81. The molecule has 0 bridgehead atoms. The van der Waals surface area contributed by atoms with Gasteiger partial charge in [0, 0.05) is 0 Å². The van der Waals surface area contributed by atoms with Crippen LogP contribution in [0.1, 0.15) is 36.0 Å². The molecule has 2 rings (SSSR count). The van der Waals surface area contributed by atoms with Crippen molar-refractivity contribution in [2.24, 2.45) is 5.73 Å². The predicted molar refractivity (Wildman–Crippen MR) is 56.1 cm³/mol. The van der Waals surface area contributed by atoms with E-state index in [1.54, 1.807) is 0 Å². The summed E-state index contributed by atoms with van der Waals surface area (Å²) in [6.07, 6.45) is 3.57. The SMILES string of the molecule is CC(C(N)=O)c1ccc2c(c1)CCC2. The van der Waals surface area contributed by atoms with Crippen LogP contribution in [0.25, 0.3) is 0 Å². The zero-order valence-electron chi connectivity index (χ0n) is 8.42. The normalized spacial score (nSPS) is 16.4. The van der Waals surface area contributed by atoms with Crippen molar-refractivity contribution >= 4 is 5.91 Å². The average Bonchev–Trinajstić information content (AvgIpc) is 2.62. The van der Waals surface area contributed by atoms with Gasteiger partial charge in [-0.3, -0.25) is 4.79 Å². The van der Waals surface area contributed by atoms with Gasteiger partial charge in [0.1, 0.15) is 0 Å². The van der Waals surface area contributed by atoms with Gasteiger partial charge in [-0.2, -0.15) is 0 Å². The molecule has 0 saturated heterocycles. The first-order valence-corrected chi connectivity index (χ1v) is 5.09. The number of benzene rings is 1. The second-order valence-electron chi connectivity index (χ2n) is 4.01. The lowest BCUT2D eigenvalue weighted by molar-refractivity contribution is -0.119. The highest BCUT2D eigenvalue weighted by atomic mass is 16.1. The Balaban J connectivity index is 2.33. The molecule has 1 amide bonds. The van der Waals surface area contributed by atoms with Crippen molar-refractivity contribution in [2.75, 3.05) is 0 Å². The Labute approximate surface area is 84.1 Å². The van der Waals surface area contributed by atoms with E-state index in [4.69, 9.17) is 5.73 Å². The molecular formula is C12H15NO. The van der Waals surface area contributed by atoms with Crippen LogP contribution in [0.5, 0.6) is 0 Å². The van der Waals surface area contributed by atoms with Crippen molar-refractivity contribution < 1.29 is 4.79 Å². The van der Waals surface area contributed by atoms with E-state index in [9.17, 15) is 4.79 Å². The van der Waals surface area contributed by atoms with Crippen LogP contribution in [0.4, 0.5) is 0 Å². The summed E-state index contributed by atoms with van der Waals surface area (Å²) in [5.41, 5.74) is 9.16. The van der Waals surface area contributed by atoms with Gasteiger partial charge in [0.25, 0.3) is 0 Å². The van der Waals surface area contributed by atoms with Gasteiger partial charge < -0.3 is 5.73 Å². The number of nitrogens with two attached hydrogens (primary N) is 1. The van der Waals surface area contributed by atoms with Crippen LogP contribution >= 0.6 is 0 Å². The maximum absolute atomic E-state index is 11.0. The minimum absolute atomic E-state index is 0.166. The highest BCUT2D eigenvalue weighted by Gasteiger charge is 2.15. The number of rotatable bonds is 2. The summed E-state index contributed by atoms with van der Waals surface area (Å²) in [4.78, 5) is 11.0. The summed E-state index contributed by atoms with van der Waals surface area (Å²) in [7, 11) is 0. The van der Waals surface area contributed by atoms with Crippen molar-refractivity contribution in [1.82, 2.24) is 0 Å². The molecule has 0 radical (unpaired) electrons. The van der Waals surface area contributed by atoms with Crippen LogP contribution in [-0.2, 0) is 17.6 Å². The Hall–Kier alpha value is -1.31. The summed E-state index contributed by atoms with van der Waals surface area (Å²) in [5.74, 6) is -0.413. The minimum Gasteiger partial charge on any atom is -0.369 e. The molecule has 1 aromatic carbocycles. The average molecular weight is 189 g/mol. The molecule has 0 aromatic heterocycles. The number of hydrogen-bond acceptors (Lipinski definition) is 1. The topological polar surface area (TPSA) is 43.1 Å². The number of fused-ring (bicyclic) bond motifs is 1. The fourth-order valence-corrected chi connectivity index (χ4v) is 2.03. The lowest BCUT2D eigenvalue weighted by Gasteiger charge is -2.09. The molecule has 0 aliphatic heterocycles. The first-order chi connectivity index (χ1) is 6.68. The summed E-state index contributed by atoms with van der Waals surface area (Å²) < 4.78 is 0. The fourth-order valence-electron chi connectivity index (χ4n) is 2.03. The van der Waals surface area contributed by atoms with E-state index in [1.807, 2.05) is 13.0 Å². The Kier molecular flexibility index (Phi) is 2.28. The maximum atomic E-state index is 11.0. The molecule has 1 aliphatic rings. The summed E-state index contributed by atoms with van der Waals surface area (Å²) >= 11 is 0. The predicted octanol–water partition coefficient (Wildman–Crippen LogP) is 1.76. The highest BCUT2D eigenvalue weighted by Crippen LogP contribution is 2.25. The molecule has 2 heteroatoms. The van der Waals surface area contributed by atoms with Gasteiger partial charge >= 0.3 is 0 Å². The fraction of sp³-hybridized carbons (Fsp3) is 0.417. The Bertz CT molecular complexity index is 371. The molecule has 2 nitrogen and oxygen atoms in total. The molecule has 1 atom stereocenters. The first-order valence-electron chi connectivity index (χ1n) is 5.09. The van der Waals surface area contributed by atoms with Gasteiger partial charge in [-0.1, -0.05) is 18.2 Å². The molecule has 0 spiro atoms. The van der Waals surface area contributed by atoms with Crippen LogP contribution in [0.15, 0.2) is 18.2 Å². The van der Waals surface area contributed by atoms with Gasteiger partial charge in [-0.05, 0) is 42.9 Å². The smallest absolute Gasteiger partial charge is 0.224 e. The molecule has 74 valence electrons. The van der Waals surface area contributed by atoms with E-state index in [0.717, 1.165) is 12.0 Å². The number of hydrogen-bond donors (Lipinski definition) is 1. The molecule has 0 saturated carbocycles. The summed E-state index contributed by atoms with van der Waals surface area (Å²) in [5, 5.41) is 0. The number of amides is 1. The molecule has 14 heavy (non-hydrogen) atoms. The van der Waals surface area contributed by atoms with Gasteiger partial charge in [-0.15, -0.1) is 0 Å². The Morgan fingerprint density at radius 3 is 2.79 bits per heavy atom. The number of primary amides is 1. The van der Waals surface area contributed by atoms with Crippen LogP contribution in [0, 0.1) is 0 Å². The molecule has 0 fully saturated rings. The van der Waals surface area contributed by atoms with E-state index < -0.39 is 0 Å². The van der Waals surface area contributed by atoms with E-state index in [1.165, 1.54) is 24.0 Å². The van der Waals surface area contributed by atoms with Gasteiger partial charge in [0.15, 0.2) is 0 Å². The minimum atomic E-state index is -0.247. The third-order valence-electron chi connectivity index (χ3n) is 3.05. The van der Waals surface area contributed by atoms with E-state index in [0.29, 0.717) is 0 Å². The van der Waals surface area contributed by atoms with E-state index >= 15 is 0 Å². The third kappa shape index (κ3) is 1.52. The van der Waals surface area contributed by atoms with E-state index in [-0.39, 0.29) is 11.8 Å². The quantitative estimate of drug-likeness (QED) is 0.757. The van der Waals surface area contributed by atoms with Crippen molar-refractivity contribution in [3.05, 3.63) is 34.9 Å². The van der Waals surface area contributed by atoms with E-state index in [2.05, 4.69) is 12.1 Å². The van der Waals surface area contributed by atoms with Gasteiger partial charge in [-0.25, -0.2) is 0 Å². The molecule has 1 unspecified atom stereocenters. The standard InChI is InChI=1S/C12H15NO/c1-8(12(13)14)10-6-5-9-3-2-4-11(9)7-10/h5-8H,2-4H2,1H3,(H2,13,14). The van der Waals surface area contributed by atoms with Crippen LogP contribution in [0.3, 0.4) is 0 Å². The molecule has 1 aromatic rings. The monoisotopic (exact) mass is 189 g/mol. The zero-order chi connectivity index (χ0) is 10.1. The van der Waals surface area contributed by atoms with Gasteiger partial charge in [0.05, 0.1) is 5.92 Å². The largest absolute Gasteiger partial charge is 0.369 e. The lowest BCUT2D eigenvalue weighted by atomic mass is 9.97. The van der Waals surface area contributed by atoms with Crippen LogP contribution in [-0.4, -0.2) is 5.91 Å². The van der Waals surface area contributed by atoms with Crippen molar-refractivity contribution in [2.45, 2.75) is 32.1 Å². The van der Waals surface area contributed by atoms with Crippen molar-refractivity contribution in [3.63, 3.8) is 0 Å². The number of aryl methyl sites for hydroxylation is 2. The molecule has 2 N–H and O–H groups in total. The third-order valence-corrected chi connectivity index (χ3v) is 3.05. The van der Waals surface area contributed by atoms with Crippen molar-refractivity contribution in [3.8, 4) is 0 Å². The molecule has 0 heterocycles. The Morgan fingerprint density at radius 2 is 2.07 bits per heavy atom.